The SMILES string of the molecule is CC1=C(C)C(=O)N(CC2(C(=O)O)CCCCC2)C1=O. The summed E-state index contributed by atoms with van der Waals surface area (Å²) in [6, 6.07) is 0. The van der Waals surface area contributed by atoms with Crippen LogP contribution < -0.4 is 0 Å². The Bertz CT molecular complexity index is 448. The molecular weight excluding hydrogens is 246 g/mol. The molecule has 1 fully saturated rings. The Labute approximate surface area is 112 Å². The standard InChI is InChI=1S/C14H19NO4/c1-9-10(2)12(17)15(11(9)16)8-14(13(18)19)6-4-3-5-7-14/h3-8H2,1-2H3,(H,18,19). The number of aliphatic carboxylic acids is 1. The highest BCUT2D eigenvalue weighted by Gasteiger charge is 2.45. The lowest BCUT2D eigenvalue weighted by atomic mass is 9.73. The lowest BCUT2D eigenvalue weighted by Gasteiger charge is -2.35. The Morgan fingerprint density at radius 2 is 1.58 bits per heavy atom. The minimum atomic E-state index is -0.950. The van der Waals surface area contributed by atoms with Crippen molar-refractivity contribution in [1.82, 2.24) is 4.90 Å². The summed E-state index contributed by atoms with van der Waals surface area (Å²) < 4.78 is 0. The van der Waals surface area contributed by atoms with Crippen LogP contribution in [-0.4, -0.2) is 34.3 Å². The van der Waals surface area contributed by atoms with Crippen LogP contribution in [0.1, 0.15) is 46.0 Å². The maximum atomic E-state index is 12.0. The number of carbonyl (C=O) groups is 3. The second-order valence-corrected chi connectivity index (χ2v) is 5.59. The Balaban J connectivity index is 2.22. The average Bonchev–Trinajstić information content (AvgIpc) is 2.57. The number of nitrogens with zero attached hydrogens (tertiary/aromatic N) is 1. The van der Waals surface area contributed by atoms with E-state index in [4.69, 9.17) is 0 Å². The van der Waals surface area contributed by atoms with Crippen molar-refractivity contribution in [3.63, 3.8) is 0 Å². The van der Waals surface area contributed by atoms with E-state index in [2.05, 4.69) is 0 Å². The summed E-state index contributed by atoms with van der Waals surface area (Å²) in [5.41, 5.74) is -0.0863. The van der Waals surface area contributed by atoms with Gasteiger partial charge < -0.3 is 5.11 Å². The molecule has 0 bridgehead atoms. The second kappa shape index (κ2) is 4.79. The summed E-state index contributed by atoms with van der Waals surface area (Å²) in [5.74, 6) is -1.57. The van der Waals surface area contributed by atoms with Crippen molar-refractivity contribution in [2.24, 2.45) is 5.41 Å². The molecule has 5 heteroatoms. The zero-order valence-electron chi connectivity index (χ0n) is 11.4. The fraction of sp³-hybridized carbons (Fsp3) is 0.643. The van der Waals surface area contributed by atoms with Gasteiger partial charge in [0.15, 0.2) is 0 Å². The lowest BCUT2D eigenvalue weighted by molar-refractivity contribution is -0.155. The molecule has 1 saturated carbocycles. The molecule has 1 N–H and O–H groups in total. The Morgan fingerprint density at radius 3 is 2.00 bits per heavy atom. The van der Waals surface area contributed by atoms with E-state index in [1.54, 1.807) is 13.8 Å². The molecule has 0 spiro atoms. The molecule has 0 unspecified atom stereocenters. The van der Waals surface area contributed by atoms with Gasteiger partial charge in [-0.05, 0) is 26.7 Å². The zero-order valence-corrected chi connectivity index (χ0v) is 11.4. The van der Waals surface area contributed by atoms with Crippen molar-refractivity contribution in [3.8, 4) is 0 Å². The van der Waals surface area contributed by atoms with E-state index < -0.39 is 11.4 Å². The van der Waals surface area contributed by atoms with Crippen molar-refractivity contribution in [3.05, 3.63) is 11.1 Å². The molecule has 0 aromatic heterocycles. The van der Waals surface area contributed by atoms with Gasteiger partial charge in [-0.2, -0.15) is 0 Å². The van der Waals surface area contributed by atoms with E-state index in [0.29, 0.717) is 24.0 Å². The summed E-state index contributed by atoms with van der Waals surface area (Å²) in [7, 11) is 0. The molecule has 0 saturated heterocycles. The molecule has 5 nitrogen and oxygen atoms in total. The number of carbonyl (C=O) groups excluding carboxylic acids is 2. The maximum absolute atomic E-state index is 12.0. The van der Waals surface area contributed by atoms with E-state index >= 15 is 0 Å². The zero-order chi connectivity index (χ0) is 14.2. The van der Waals surface area contributed by atoms with E-state index in [-0.39, 0.29) is 18.4 Å². The van der Waals surface area contributed by atoms with Crippen LogP contribution in [0.2, 0.25) is 0 Å². The monoisotopic (exact) mass is 265 g/mol. The van der Waals surface area contributed by atoms with Crippen molar-refractivity contribution in [2.45, 2.75) is 46.0 Å². The highest BCUT2D eigenvalue weighted by atomic mass is 16.4. The van der Waals surface area contributed by atoms with Gasteiger partial charge in [-0.1, -0.05) is 19.3 Å². The number of hydrogen-bond acceptors (Lipinski definition) is 3. The van der Waals surface area contributed by atoms with Gasteiger partial charge in [-0.3, -0.25) is 19.3 Å². The first-order valence-electron chi connectivity index (χ1n) is 6.66. The van der Waals surface area contributed by atoms with Crippen molar-refractivity contribution >= 4 is 17.8 Å². The van der Waals surface area contributed by atoms with Crippen molar-refractivity contribution in [1.29, 1.82) is 0 Å². The molecule has 1 aliphatic carbocycles. The summed E-state index contributed by atoms with van der Waals surface area (Å²) in [6.45, 7) is 3.24. The van der Waals surface area contributed by atoms with Gasteiger partial charge in [0, 0.05) is 17.7 Å². The van der Waals surface area contributed by atoms with Crippen LogP contribution in [0.3, 0.4) is 0 Å². The lowest BCUT2D eigenvalue weighted by Crippen LogP contribution is -2.47. The number of carboxylic acid groups (broad SMARTS) is 1. The molecule has 0 atom stereocenters. The van der Waals surface area contributed by atoms with Crippen molar-refractivity contribution < 1.29 is 19.5 Å². The van der Waals surface area contributed by atoms with Crippen LogP contribution in [0, 0.1) is 5.41 Å². The third-order valence-electron chi connectivity index (χ3n) is 4.42. The maximum Gasteiger partial charge on any atom is 0.311 e. The predicted molar refractivity (Wildman–Crippen MR) is 68.2 cm³/mol. The summed E-state index contributed by atoms with van der Waals surface area (Å²) in [5, 5.41) is 9.49. The molecule has 1 heterocycles. The highest BCUT2D eigenvalue weighted by Crippen LogP contribution is 2.38. The smallest absolute Gasteiger partial charge is 0.311 e. The Kier molecular flexibility index (Phi) is 3.47. The Morgan fingerprint density at radius 1 is 1.11 bits per heavy atom. The molecule has 2 aliphatic rings. The first-order chi connectivity index (χ1) is 8.89. The molecule has 0 aromatic rings. The van der Waals surface area contributed by atoms with Gasteiger partial charge in [0.2, 0.25) is 0 Å². The molecule has 1 aliphatic heterocycles. The topological polar surface area (TPSA) is 74.7 Å². The number of imide groups is 1. The van der Waals surface area contributed by atoms with E-state index in [1.165, 1.54) is 0 Å². The summed E-state index contributed by atoms with van der Waals surface area (Å²) >= 11 is 0. The minimum absolute atomic E-state index is 0.00861. The molecule has 2 rings (SSSR count). The molecule has 2 amide bonds. The van der Waals surface area contributed by atoms with E-state index in [0.717, 1.165) is 24.2 Å². The second-order valence-electron chi connectivity index (χ2n) is 5.59. The Hall–Kier alpha value is -1.65. The number of carboxylic acids is 1. The van der Waals surface area contributed by atoms with Gasteiger partial charge >= 0.3 is 5.97 Å². The van der Waals surface area contributed by atoms with Crippen LogP contribution in [-0.2, 0) is 14.4 Å². The summed E-state index contributed by atoms with van der Waals surface area (Å²) in [4.78, 5) is 36.7. The highest BCUT2D eigenvalue weighted by molar-refractivity contribution is 6.18. The summed E-state index contributed by atoms with van der Waals surface area (Å²) in [6.07, 6.45) is 3.78. The predicted octanol–water partition coefficient (Wildman–Crippen LogP) is 1.73. The van der Waals surface area contributed by atoms with Gasteiger partial charge in [-0.25, -0.2) is 0 Å². The molecule has 104 valence electrons. The first-order valence-corrected chi connectivity index (χ1v) is 6.66. The fourth-order valence-corrected chi connectivity index (χ4v) is 2.93. The fourth-order valence-electron chi connectivity index (χ4n) is 2.93. The molecular formula is C14H19NO4. The first kappa shape index (κ1) is 13.8. The molecule has 0 radical (unpaired) electrons. The van der Waals surface area contributed by atoms with Gasteiger partial charge in [-0.15, -0.1) is 0 Å². The quantitative estimate of drug-likeness (QED) is 0.788. The largest absolute Gasteiger partial charge is 0.481 e. The number of rotatable bonds is 3. The van der Waals surface area contributed by atoms with Crippen LogP contribution >= 0.6 is 0 Å². The van der Waals surface area contributed by atoms with E-state index in [1.807, 2.05) is 0 Å². The number of amides is 2. The normalized spacial score (nSPS) is 23.2. The van der Waals surface area contributed by atoms with Crippen LogP contribution in [0.15, 0.2) is 11.1 Å². The van der Waals surface area contributed by atoms with Gasteiger partial charge in [0.1, 0.15) is 0 Å². The third-order valence-corrected chi connectivity index (χ3v) is 4.42. The van der Waals surface area contributed by atoms with Gasteiger partial charge in [0.05, 0.1) is 5.41 Å². The average molecular weight is 265 g/mol. The minimum Gasteiger partial charge on any atom is -0.481 e. The van der Waals surface area contributed by atoms with Gasteiger partial charge in [0.25, 0.3) is 11.8 Å². The third kappa shape index (κ3) is 2.17. The number of hydrogen-bond donors (Lipinski definition) is 1. The molecule has 19 heavy (non-hydrogen) atoms. The van der Waals surface area contributed by atoms with Crippen LogP contribution in [0.25, 0.3) is 0 Å². The van der Waals surface area contributed by atoms with E-state index in [9.17, 15) is 19.5 Å². The van der Waals surface area contributed by atoms with Crippen LogP contribution in [0.4, 0.5) is 0 Å². The van der Waals surface area contributed by atoms with Crippen LogP contribution in [0.5, 0.6) is 0 Å². The molecule has 0 aromatic carbocycles. The van der Waals surface area contributed by atoms with Crippen molar-refractivity contribution in [2.75, 3.05) is 6.54 Å².